The third kappa shape index (κ3) is 7.44. The van der Waals surface area contributed by atoms with E-state index in [2.05, 4.69) is 10.6 Å². The number of aliphatic hydroxyl groups excluding tert-OH is 1. The van der Waals surface area contributed by atoms with Crippen molar-refractivity contribution in [3.63, 3.8) is 0 Å². The quantitative estimate of drug-likeness (QED) is 0.430. The van der Waals surface area contributed by atoms with Gasteiger partial charge in [-0.1, -0.05) is 78.9 Å². The van der Waals surface area contributed by atoms with Crippen LogP contribution in [0.1, 0.15) is 21.5 Å². The largest absolute Gasteiger partial charge is 0.405 e. The highest BCUT2D eigenvalue weighted by Gasteiger charge is 2.46. The molecule has 0 aliphatic heterocycles. The predicted molar refractivity (Wildman–Crippen MR) is 122 cm³/mol. The Morgan fingerprint density at radius 1 is 0.788 bits per heavy atom. The van der Waals surface area contributed by atoms with Crippen molar-refractivity contribution in [2.24, 2.45) is 0 Å². The summed E-state index contributed by atoms with van der Waals surface area (Å²) in [6.07, 6.45) is -4.47. The number of halogens is 3. The summed E-state index contributed by atoms with van der Waals surface area (Å²) in [4.78, 5) is 12.8. The van der Waals surface area contributed by atoms with E-state index in [1.165, 1.54) is 0 Å². The van der Waals surface area contributed by atoms with E-state index < -0.39 is 36.8 Å². The van der Waals surface area contributed by atoms with Crippen LogP contribution in [0.4, 0.5) is 13.2 Å². The fourth-order valence-corrected chi connectivity index (χ4v) is 3.73. The molecule has 0 saturated carbocycles. The molecule has 0 radical (unpaired) electrons. The van der Waals surface area contributed by atoms with Crippen LogP contribution in [-0.2, 0) is 12.8 Å². The first kappa shape index (κ1) is 24.5. The fraction of sp³-hybridized carbons (Fsp3) is 0.269. The van der Waals surface area contributed by atoms with Gasteiger partial charge in [0.2, 0.25) is 0 Å². The summed E-state index contributed by atoms with van der Waals surface area (Å²) in [5.41, 5.74) is 1.74. The van der Waals surface area contributed by atoms with Gasteiger partial charge < -0.3 is 10.4 Å². The molecular formula is C26H27F3N2O2. The minimum Gasteiger partial charge on any atom is -0.395 e. The van der Waals surface area contributed by atoms with Gasteiger partial charge in [-0.05, 0) is 36.1 Å². The topological polar surface area (TPSA) is 61.4 Å². The number of carbonyl (C=O) groups excluding carboxylic acids is 1. The van der Waals surface area contributed by atoms with Crippen molar-refractivity contribution in [2.45, 2.75) is 37.1 Å². The molecule has 0 fully saturated rings. The van der Waals surface area contributed by atoms with Crippen molar-refractivity contribution < 1.29 is 23.1 Å². The van der Waals surface area contributed by atoms with Crippen LogP contribution in [0.25, 0.3) is 0 Å². The van der Waals surface area contributed by atoms with Crippen LogP contribution in [0.2, 0.25) is 0 Å². The minimum atomic E-state index is -4.66. The number of alkyl halides is 3. The Kier molecular flexibility index (Phi) is 8.63. The molecule has 0 bridgehead atoms. The number of amides is 1. The zero-order valence-electron chi connectivity index (χ0n) is 18.0. The number of aliphatic hydroxyl groups is 1. The van der Waals surface area contributed by atoms with Gasteiger partial charge in [0.05, 0.1) is 12.6 Å². The normalized spacial score (nSPS) is 14.3. The molecule has 4 nitrogen and oxygen atoms in total. The number of carbonyl (C=O) groups is 1. The molecular weight excluding hydrogens is 429 g/mol. The SMILES string of the molecule is O=C(NC(Cc1ccccc1)C(NC(CO)Cc1ccccc1)C(F)(F)F)c1ccccc1. The molecule has 3 rings (SSSR count). The van der Waals surface area contributed by atoms with E-state index in [0.29, 0.717) is 5.56 Å². The first-order valence-corrected chi connectivity index (χ1v) is 10.7. The molecule has 7 heteroatoms. The molecule has 3 unspecified atom stereocenters. The molecule has 0 heterocycles. The van der Waals surface area contributed by atoms with Gasteiger partial charge in [-0.3, -0.25) is 10.1 Å². The van der Waals surface area contributed by atoms with E-state index in [4.69, 9.17) is 0 Å². The summed E-state index contributed by atoms with van der Waals surface area (Å²) in [7, 11) is 0. The lowest BCUT2D eigenvalue weighted by Crippen LogP contribution is -2.61. The summed E-state index contributed by atoms with van der Waals surface area (Å²) in [5, 5.41) is 15.0. The summed E-state index contributed by atoms with van der Waals surface area (Å²) in [6.45, 7) is -0.480. The number of nitrogens with one attached hydrogen (secondary N) is 2. The van der Waals surface area contributed by atoms with Gasteiger partial charge in [0, 0.05) is 11.6 Å². The van der Waals surface area contributed by atoms with Gasteiger partial charge in [-0.2, -0.15) is 13.2 Å². The maximum atomic E-state index is 14.3. The second-order valence-corrected chi connectivity index (χ2v) is 7.89. The maximum absolute atomic E-state index is 14.3. The lowest BCUT2D eigenvalue weighted by atomic mass is 9.96. The molecule has 0 aliphatic carbocycles. The lowest BCUT2D eigenvalue weighted by Gasteiger charge is -2.33. The number of hydrogen-bond donors (Lipinski definition) is 3. The van der Waals surface area contributed by atoms with Crippen molar-refractivity contribution in [2.75, 3.05) is 6.61 Å². The smallest absolute Gasteiger partial charge is 0.395 e. The number of rotatable bonds is 10. The van der Waals surface area contributed by atoms with E-state index in [9.17, 15) is 23.1 Å². The van der Waals surface area contributed by atoms with E-state index in [0.717, 1.165) is 5.56 Å². The van der Waals surface area contributed by atoms with Crippen LogP contribution < -0.4 is 10.6 Å². The lowest BCUT2D eigenvalue weighted by molar-refractivity contribution is -0.164. The van der Waals surface area contributed by atoms with Crippen molar-refractivity contribution in [3.8, 4) is 0 Å². The molecule has 3 aromatic rings. The van der Waals surface area contributed by atoms with Crippen molar-refractivity contribution in [1.29, 1.82) is 0 Å². The Morgan fingerprint density at radius 2 is 1.27 bits per heavy atom. The standard InChI is InChI=1S/C26H27F3N2O2/c27-26(28,29)24(30-22(18-32)16-19-10-4-1-5-11-19)23(17-20-12-6-2-7-13-20)31-25(33)21-14-8-3-9-15-21/h1-15,22-24,30,32H,16-18H2,(H,31,33). The van der Waals surface area contributed by atoms with Crippen molar-refractivity contribution in [1.82, 2.24) is 10.6 Å². The first-order valence-electron chi connectivity index (χ1n) is 10.7. The first-order chi connectivity index (χ1) is 15.9. The van der Waals surface area contributed by atoms with Crippen LogP contribution in [0, 0.1) is 0 Å². The van der Waals surface area contributed by atoms with Gasteiger partial charge in [-0.25, -0.2) is 0 Å². The molecule has 0 aliphatic rings. The molecule has 0 aromatic heterocycles. The summed E-state index contributed by atoms with van der Waals surface area (Å²) in [6, 6.07) is 21.7. The summed E-state index contributed by atoms with van der Waals surface area (Å²) in [5.74, 6) is -0.587. The third-order valence-electron chi connectivity index (χ3n) is 5.37. The van der Waals surface area contributed by atoms with Gasteiger partial charge in [0.25, 0.3) is 5.91 Å². The van der Waals surface area contributed by atoms with Gasteiger partial charge in [-0.15, -0.1) is 0 Å². The monoisotopic (exact) mass is 456 g/mol. The molecule has 3 atom stereocenters. The van der Waals surface area contributed by atoms with Gasteiger partial charge in [0.1, 0.15) is 6.04 Å². The Morgan fingerprint density at radius 3 is 1.76 bits per heavy atom. The Labute approximate surface area is 191 Å². The Hall–Kier alpha value is -3.16. The average Bonchev–Trinajstić information content (AvgIpc) is 2.82. The molecule has 1 amide bonds. The van der Waals surface area contributed by atoms with Crippen LogP contribution in [-0.4, -0.2) is 41.9 Å². The third-order valence-corrected chi connectivity index (χ3v) is 5.37. The second-order valence-electron chi connectivity index (χ2n) is 7.89. The van der Waals surface area contributed by atoms with E-state index >= 15 is 0 Å². The maximum Gasteiger partial charge on any atom is 0.405 e. The highest BCUT2D eigenvalue weighted by molar-refractivity contribution is 5.94. The van der Waals surface area contributed by atoms with E-state index in [1.807, 2.05) is 6.07 Å². The zero-order valence-corrected chi connectivity index (χ0v) is 18.0. The average molecular weight is 457 g/mol. The fourth-order valence-electron chi connectivity index (χ4n) is 3.73. The van der Waals surface area contributed by atoms with E-state index in [1.54, 1.807) is 84.9 Å². The summed E-state index contributed by atoms with van der Waals surface area (Å²) < 4.78 is 42.8. The van der Waals surface area contributed by atoms with E-state index in [-0.39, 0.29) is 18.4 Å². The minimum absolute atomic E-state index is 0.0277. The highest BCUT2D eigenvalue weighted by atomic mass is 19.4. The van der Waals surface area contributed by atoms with Crippen molar-refractivity contribution in [3.05, 3.63) is 108 Å². The molecule has 33 heavy (non-hydrogen) atoms. The number of hydrogen-bond acceptors (Lipinski definition) is 3. The summed E-state index contributed by atoms with van der Waals surface area (Å²) >= 11 is 0. The number of benzene rings is 3. The van der Waals surface area contributed by atoms with Crippen LogP contribution in [0.15, 0.2) is 91.0 Å². The van der Waals surface area contributed by atoms with Gasteiger partial charge in [0.15, 0.2) is 0 Å². The molecule has 174 valence electrons. The zero-order chi connectivity index (χ0) is 23.7. The van der Waals surface area contributed by atoms with Crippen LogP contribution in [0.5, 0.6) is 0 Å². The van der Waals surface area contributed by atoms with Crippen LogP contribution >= 0.6 is 0 Å². The molecule has 0 saturated heterocycles. The van der Waals surface area contributed by atoms with Gasteiger partial charge >= 0.3 is 6.18 Å². The van der Waals surface area contributed by atoms with Crippen LogP contribution in [0.3, 0.4) is 0 Å². The Bertz CT molecular complexity index is 983. The molecule has 3 N–H and O–H groups in total. The molecule has 0 spiro atoms. The second kappa shape index (κ2) is 11.6. The molecule has 3 aromatic carbocycles. The Balaban J connectivity index is 1.87. The van der Waals surface area contributed by atoms with Crippen molar-refractivity contribution >= 4 is 5.91 Å². The predicted octanol–water partition coefficient (Wildman–Crippen LogP) is 4.15. The highest BCUT2D eigenvalue weighted by Crippen LogP contribution is 2.26.